The minimum Gasteiger partial charge on any atom is -0.480 e. The average molecular weight is 388 g/mol. The number of nitrogens with one attached hydrogen (secondary N) is 4. The van der Waals surface area contributed by atoms with Crippen LogP contribution in [0.1, 0.15) is 26.7 Å². The first-order valence-electron chi connectivity index (χ1n) is 8.80. The van der Waals surface area contributed by atoms with E-state index in [2.05, 4.69) is 16.0 Å². The van der Waals surface area contributed by atoms with Crippen LogP contribution in [0.5, 0.6) is 0 Å². The van der Waals surface area contributed by atoms with Gasteiger partial charge in [-0.2, -0.15) is 0 Å². The van der Waals surface area contributed by atoms with Gasteiger partial charge in [-0.25, -0.2) is 4.79 Å². The number of carbonyl (C=O) groups is 4. The van der Waals surface area contributed by atoms with Gasteiger partial charge in [0.25, 0.3) is 0 Å². The van der Waals surface area contributed by atoms with Crippen molar-refractivity contribution in [1.29, 1.82) is 0 Å². The van der Waals surface area contributed by atoms with Gasteiger partial charge in [0.1, 0.15) is 18.1 Å². The van der Waals surface area contributed by atoms with Crippen LogP contribution in [0, 0.1) is 5.92 Å². The van der Waals surface area contributed by atoms with Crippen LogP contribution in [-0.4, -0.2) is 82.9 Å². The molecule has 1 saturated heterocycles. The summed E-state index contributed by atoms with van der Waals surface area (Å²) in [6, 6.07) is -4.29. The van der Waals surface area contributed by atoms with Crippen LogP contribution in [0.3, 0.4) is 0 Å². The van der Waals surface area contributed by atoms with Crippen molar-refractivity contribution in [3.8, 4) is 0 Å². The zero-order valence-corrected chi connectivity index (χ0v) is 15.4. The van der Waals surface area contributed by atoms with Gasteiger partial charge in [0.2, 0.25) is 17.7 Å². The Morgan fingerprint density at radius 3 is 2.04 bits per heavy atom. The molecule has 7 N–H and O–H groups in total. The Hall–Kier alpha value is -2.24. The number of aliphatic hydroxyl groups is 2. The second kappa shape index (κ2) is 10.8. The standard InChI is InChI=1S/C16H28N4O7/c1-8(2)12(20-13(23)9-4-3-5-17-9)15(25)18-10(6-21)14(24)19-11(7-22)16(26)27/h8-12,17,21-22H,3-7H2,1-2H3,(H,18,25)(H,19,24)(H,20,23)(H,26,27). The summed E-state index contributed by atoms with van der Waals surface area (Å²) in [6.45, 7) is 2.53. The molecule has 0 aromatic carbocycles. The van der Waals surface area contributed by atoms with Crippen molar-refractivity contribution in [2.75, 3.05) is 19.8 Å². The summed E-state index contributed by atoms with van der Waals surface area (Å²) in [5.74, 6) is -3.70. The number of carboxylic acids is 1. The van der Waals surface area contributed by atoms with Crippen LogP contribution in [-0.2, 0) is 19.2 Å². The summed E-state index contributed by atoms with van der Waals surface area (Å²) in [5, 5.41) is 37.1. The molecule has 27 heavy (non-hydrogen) atoms. The fourth-order valence-corrected chi connectivity index (χ4v) is 2.61. The van der Waals surface area contributed by atoms with Gasteiger partial charge in [-0.1, -0.05) is 13.8 Å². The molecule has 0 spiro atoms. The highest BCUT2D eigenvalue weighted by molar-refractivity contribution is 5.94. The van der Waals surface area contributed by atoms with Crippen LogP contribution in [0.25, 0.3) is 0 Å². The molecular formula is C16H28N4O7. The van der Waals surface area contributed by atoms with Gasteiger partial charge in [0.05, 0.1) is 19.3 Å². The summed E-state index contributed by atoms with van der Waals surface area (Å²) in [5.41, 5.74) is 0. The van der Waals surface area contributed by atoms with Crippen molar-refractivity contribution < 1.29 is 34.5 Å². The number of aliphatic hydroxyl groups excluding tert-OH is 2. The minimum atomic E-state index is -1.56. The van der Waals surface area contributed by atoms with E-state index in [1.165, 1.54) is 0 Å². The predicted molar refractivity (Wildman–Crippen MR) is 93.5 cm³/mol. The molecule has 1 aliphatic heterocycles. The second-order valence-electron chi connectivity index (χ2n) is 6.70. The van der Waals surface area contributed by atoms with E-state index < -0.39 is 49.1 Å². The lowest BCUT2D eigenvalue weighted by molar-refractivity contribution is -0.143. The monoisotopic (exact) mass is 388 g/mol. The molecule has 4 atom stereocenters. The van der Waals surface area contributed by atoms with E-state index in [4.69, 9.17) is 10.2 Å². The maximum Gasteiger partial charge on any atom is 0.328 e. The molecule has 4 unspecified atom stereocenters. The van der Waals surface area contributed by atoms with Gasteiger partial charge in [0, 0.05) is 0 Å². The smallest absolute Gasteiger partial charge is 0.328 e. The van der Waals surface area contributed by atoms with Gasteiger partial charge >= 0.3 is 5.97 Å². The molecule has 0 aromatic rings. The molecule has 154 valence electrons. The summed E-state index contributed by atoms with van der Waals surface area (Å²) in [4.78, 5) is 47.6. The molecule has 1 rings (SSSR count). The third-order valence-electron chi connectivity index (χ3n) is 4.24. The summed E-state index contributed by atoms with van der Waals surface area (Å²) in [7, 11) is 0. The van der Waals surface area contributed by atoms with Gasteiger partial charge in [-0.05, 0) is 25.3 Å². The number of amides is 3. The van der Waals surface area contributed by atoms with Crippen LogP contribution in [0.4, 0.5) is 0 Å². The second-order valence-corrected chi connectivity index (χ2v) is 6.70. The number of hydrogen-bond acceptors (Lipinski definition) is 7. The number of carbonyl (C=O) groups excluding carboxylic acids is 3. The molecular weight excluding hydrogens is 360 g/mol. The lowest BCUT2D eigenvalue weighted by atomic mass is 10.0. The van der Waals surface area contributed by atoms with E-state index in [0.717, 1.165) is 13.0 Å². The Balaban J connectivity index is 2.72. The van der Waals surface area contributed by atoms with Crippen molar-refractivity contribution in [3.63, 3.8) is 0 Å². The third kappa shape index (κ3) is 6.77. The Kier molecular flexibility index (Phi) is 9.12. The normalized spacial score (nSPS) is 19.8. The largest absolute Gasteiger partial charge is 0.480 e. The Labute approximate surface area is 156 Å². The van der Waals surface area contributed by atoms with Crippen molar-refractivity contribution in [2.45, 2.75) is 50.9 Å². The minimum absolute atomic E-state index is 0.290. The van der Waals surface area contributed by atoms with Crippen LogP contribution in [0.2, 0.25) is 0 Å². The van der Waals surface area contributed by atoms with Gasteiger partial charge < -0.3 is 36.6 Å². The Morgan fingerprint density at radius 2 is 1.59 bits per heavy atom. The summed E-state index contributed by atoms with van der Waals surface area (Å²) >= 11 is 0. The number of hydrogen-bond donors (Lipinski definition) is 7. The molecule has 11 nitrogen and oxygen atoms in total. The fourth-order valence-electron chi connectivity index (χ4n) is 2.61. The van der Waals surface area contributed by atoms with E-state index in [1.54, 1.807) is 13.8 Å². The Bertz CT molecular complexity index is 549. The first-order chi connectivity index (χ1) is 12.7. The maximum absolute atomic E-state index is 12.5. The maximum atomic E-state index is 12.5. The van der Waals surface area contributed by atoms with E-state index in [9.17, 15) is 24.3 Å². The predicted octanol–water partition coefficient (Wildman–Crippen LogP) is -3.08. The van der Waals surface area contributed by atoms with Gasteiger partial charge in [0.15, 0.2) is 0 Å². The highest BCUT2D eigenvalue weighted by atomic mass is 16.4. The molecule has 1 heterocycles. The lowest BCUT2D eigenvalue weighted by Crippen LogP contribution is -2.59. The lowest BCUT2D eigenvalue weighted by Gasteiger charge is -2.26. The van der Waals surface area contributed by atoms with E-state index in [1.807, 2.05) is 5.32 Å². The van der Waals surface area contributed by atoms with Crippen molar-refractivity contribution in [2.24, 2.45) is 5.92 Å². The zero-order valence-electron chi connectivity index (χ0n) is 15.4. The topological polar surface area (TPSA) is 177 Å². The quantitative estimate of drug-likeness (QED) is 0.206. The zero-order chi connectivity index (χ0) is 20.6. The Morgan fingerprint density at radius 1 is 1.00 bits per heavy atom. The van der Waals surface area contributed by atoms with Crippen LogP contribution in [0.15, 0.2) is 0 Å². The number of aliphatic carboxylic acids is 1. The molecule has 0 aromatic heterocycles. The van der Waals surface area contributed by atoms with E-state index >= 15 is 0 Å². The molecule has 1 fully saturated rings. The van der Waals surface area contributed by atoms with E-state index in [0.29, 0.717) is 6.42 Å². The average Bonchev–Trinajstić information content (AvgIpc) is 3.15. The highest BCUT2D eigenvalue weighted by Gasteiger charge is 2.32. The molecule has 1 aliphatic rings. The first-order valence-corrected chi connectivity index (χ1v) is 8.80. The van der Waals surface area contributed by atoms with Crippen molar-refractivity contribution in [1.82, 2.24) is 21.3 Å². The molecule has 0 bridgehead atoms. The SMILES string of the molecule is CC(C)C(NC(=O)C1CCCN1)C(=O)NC(CO)C(=O)NC(CO)C(=O)O. The van der Waals surface area contributed by atoms with Gasteiger partial charge in [-0.3, -0.25) is 14.4 Å². The van der Waals surface area contributed by atoms with Crippen molar-refractivity contribution >= 4 is 23.7 Å². The van der Waals surface area contributed by atoms with E-state index in [-0.39, 0.29) is 17.9 Å². The highest BCUT2D eigenvalue weighted by Crippen LogP contribution is 2.08. The molecule has 0 radical (unpaired) electrons. The first kappa shape index (κ1) is 22.8. The van der Waals surface area contributed by atoms with Gasteiger partial charge in [-0.15, -0.1) is 0 Å². The summed E-state index contributed by atoms with van der Waals surface area (Å²) < 4.78 is 0. The van der Waals surface area contributed by atoms with Crippen LogP contribution < -0.4 is 21.3 Å². The molecule has 11 heteroatoms. The fraction of sp³-hybridized carbons (Fsp3) is 0.750. The van der Waals surface area contributed by atoms with Crippen LogP contribution >= 0.6 is 0 Å². The summed E-state index contributed by atoms with van der Waals surface area (Å²) in [6.07, 6.45) is 1.52. The third-order valence-corrected chi connectivity index (χ3v) is 4.24. The number of rotatable bonds is 10. The molecule has 0 saturated carbocycles. The molecule has 0 aliphatic carbocycles. The molecule has 3 amide bonds. The van der Waals surface area contributed by atoms with Crippen molar-refractivity contribution in [3.05, 3.63) is 0 Å². The number of carboxylic acid groups (broad SMARTS) is 1.